The molecule has 4 rings (SSSR count). The first kappa shape index (κ1) is 19.5. The number of aryl methyl sites for hydroxylation is 1. The van der Waals surface area contributed by atoms with E-state index in [0.717, 1.165) is 42.3 Å². The van der Waals surface area contributed by atoms with Gasteiger partial charge in [0.2, 0.25) is 0 Å². The normalized spacial score (nSPS) is 17.6. The first-order chi connectivity index (χ1) is 14.0. The summed E-state index contributed by atoms with van der Waals surface area (Å²) in [7, 11) is 2.11. The van der Waals surface area contributed by atoms with Crippen LogP contribution in [-0.4, -0.2) is 47.9 Å². The molecule has 7 heteroatoms. The number of ether oxygens (including phenoxy) is 1. The van der Waals surface area contributed by atoms with Crippen LogP contribution in [0.4, 0.5) is 14.6 Å². The van der Waals surface area contributed by atoms with Gasteiger partial charge in [0.1, 0.15) is 11.4 Å². The zero-order valence-electron chi connectivity index (χ0n) is 16.5. The lowest BCUT2D eigenvalue weighted by Crippen LogP contribution is -2.40. The largest absolute Gasteiger partial charge is 0.434 e. The van der Waals surface area contributed by atoms with Crippen molar-refractivity contribution < 1.29 is 13.5 Å². The van der Waals surface area contributed by atoms with E-state index in [1.54, 1.807) is 12.1 Å². The first-order valence-corrected chi connectivity index (χ1v) is 9.77. The molecule has 1 atom stereocenters. The monoisotopic (exact) mass is 398 g/mol. The van der Waals surface area contributed by atoms with Gasteiger partial charge < -0.3 is 15.0 Å². The number of fused-ring (bicyclic) bond motifs is 1. The number of alkyl halides is 2. The van der Waals surface area contributed by atoms with Crippen molar-refractivity contribution in [3.63, 3.8) is 0 Å². The van der Waals surface area contributed by atoms with Crippen molar-refractivity contribution in [3.8, 4) is 17.0 Å². The molecule has 0 amide bonds. The van der Waals surface area contributed by atoms with Crippen molar-refractivity contribution in [3.05, 3.63) is 48.0 Å². The van der Waals surface area contributed by atoms with Crippen LogP contribution >= 0.6 is 0 Å². The molecule has 0 saturated carbocycles. The molecule has 2 aromatic carbocycles. The molecule has 152 valence electrons. The Morgan fingerprint density at radius 3 is 2.69 bits per heavy atom. The summed E-state index contributed by atoms with van der Waals surface area (Å²) in [5, 5.41) is 14.1. The molecule has 1 aromatic heterocycles. The first-order valence-electron chi connectivity index (χ1n) is 9.77. The number of likely N-dealkylation sites (N-methyl/N-ethyl adjacent to an activating group) is 1. The fourth-order valence-electron chi connectivity index (χ4n) is 3.91. The van der Waals surface area contributed by atoms with Gasteiger partial charge >= 0.3 is 6.61 Å². The van der Waals surface area contributed by atoms with Gasteiger partial charge in [-0.1, -0.05) is 30.3 Å². The van der Waals surface area contributed by atoms with Crippen molar-refractivity contribution in [1.29, 1.82) is 0 Å². The third-order valence-electron chi connectivity index (χ3n) is 5.26. The van der Waals surface area contributed by atoms with Crippen LogP contribution in [0.5, 0.6) is 5.75 Å². The molecule has 3 aromatic rings. The van der Waals surface area contributed by atoms with Gasteiger partial charge in [0.05, 0.1) is 0 Å². The standard InChI is InChI=1S/C22H24F2N4O/c1-14-9-10-18(19(12-14)29-22(23)24)20-16-7-3-4-8-17(16)21(27-26-20)25-15-6-5-11-28(2)13-15/h3-4,7-10,12,15,22H,5-6,11,13H2,1-2H3,(H,25,27)/t15-/m1/s1. The lowest BCUT2D eigenvalue weighted by molar-refractivity contribution is -0.0494. The van der Waals surface area contributed by atoms with Crippen molar-refractivity contribution in [1.82, 2.24) is 15.1 Å². The number of rotatable bonds is 5. The number of anilines is 1. The van der Waals surface area contributed by atoms with Gasteiger partial charge in [0.15, 0.2) is 5.82 Å². The van der Waals surface area contributed by atoms with Crippen molar-refractivity contribution in [2.75, 3.05) is 25.5 Å². The fourth-order valence-corrected chi connectivity index (χ4v) is 3.91. The minimum atomic E-state index is -2.90. The van der Waals surface area contributed by atoms with E-state index in [9.17, 15) is 8.78 Å². The number of hydrogen-bond acceptors (Lipinski definition) is 5. The van der Waals surface area contributed by atoms with E-state index >= 15 is 0 Å². The van der Waals surface area contributed by atoms with Crippen LogP contribution in [-0.2, 0) is 0 Å². The SMILES string of the molecule is Cc1ccc(-c2nnc(N[C@@H]3CCCN(C)C3)c3ccccc23)c(OC(F)F)c1. The summed E-state index contributed by atoms with van der Waals surface area (Å²) in [6.07, 6.45) is 2.21. The summed E-state index contributed by atoms with van der Waals surface area (Å²) in [5.41, 5.74) is 1.87. The second-order valence-electron chi connectivity index (χ2n) is 7.57. The lowest BCUT2D eigenvalue weighted by atomic mass is 10.0. The number of halogens is 2. The van der Waals surface area contributed by atoms with Crippen molar-refractivity contribution in [2.45, 2.75) is 32.4 Å². The maximum Gasteiger partial charge on any atom is 0.387 e. The molecule has 5 nitrogen and oxygen atoms in total. The summed E-state index contributed by atoms with van der Waals surface area (Å²) in [6, 6.07) is 13.3. The zero-order valence-corrected chi connectivity index (χ0v) is 16.5. The summed E-state index contributed by atoms with van der Waals surface area (Å²) in [4.78, 5) is 2.30. The molecule has 1 aliphatic heterocycles. The molecular formula is C22H24F2N4O. The Balaban J connectivity index is 1.76. The highest BCUT2D eigenvalue weighted by Gasteiger charge is 2.21. The minimum Gasteiger partial charge on any atom is -0.434 e. The van der Waals surface area contributed by atoms with Crippen LogP contribution in [0.2, 0.25) is 0 Å². The van der Waals surface area contributed by atoms with Crippen LogP contribution in [0, 0.1) is 6.92 Å². The fraction of sp³-hybridized carbons (Fsp3) is 0.364. The number of piperidine rings is 1. The maximum atomic E-state index is 12.9. The summed E-state index contributed by atoms with van der Waals surface area (Å²) in [5.74, 6) is 0.821. The Hall–Kier alpha value is -2.80. The molecule has 0 spiro atoms. The van der Waals surface area contributed by atoms with E-state index < -0.39 is 6.61 Å². The Labute approximate surface area is 168 Å². The van der Waals surface area contributed by atoms with Crippen LogP contribution in [0.1, 0.15) is 18.4 Å². The number of nitrogens with zero attached hydrogens (tertiary/aromatic N) is 3. The van der Waals surface area contributed by atoms with Crippen molar-refractivity contribution >= 4 is 16.6 Å². The van der Waals surface area contributed by atoms with Gasteiger partial charge in [-0.05, 0) is 51.1 Å². The third-order valence-corrected chi connectivity index (χ3v) is 5.26. The predicted octanol–water partition coefficient (Wildman–Crippen LogP) is 4.71. The minimum absolute atomic E-state index is 0.106. The highest BCUT2D eigenvalue weighted by Crippen LogP contribution is 2.36. The van der Waals surface area contributed by atoms with Crippen LogP contribution < -0.4 is 10.1 Å². The van der Waals surface area contributed by atoms with Gasteiger partial charge in [-0.25, -0.2) is 0 Å². The number of hydrogen-bond donors (Lipinski definition) is 1. The zero-order chi connectivity index (χ0) is 20.4. The van der Waals surface area contributed by atoms with Gasteiger partial charge in [-0.3, -0.25) is 0 Å². The van der Waals surface area contributed by atoms with E-state index in [2.05, 4.69) is 27.5 Å². The average Bonchev–Trinajstić information content (AvgIpc) is 2.68. The second kappa shape index (κ2) is 8.29. The molecule has 1 aliphatic rings. The Bertz CT molecular complexity index is 1010. The number of aromatic nitrogens is 2. The van der Waals surface area contributed by atoms with Crippen molar-refractivity contribution in [2.24, 2.45) is 0 Å². The van der Waals surface area contributed by atoms with E-state index in [4.69, 9.17) is 4.74 Å². The molecule has 1 fully saturated rings. The molecule has 2 heterocycles. The Morgan fingerprint density at radius 1 is 1.14 bits per heavy atom. The Morgan fingerprint density at radius 2 is 1.93 bits per heavy atom. The smallest absolute Gasteiger partial charge is 0.387 e. The van der Waals surface area contributed by atoms with E-state index in [1.807, 2.05) is 37.3 Å². The highest BCUT2D eigenvalue weighted by molar-refractivity contribution is 6.01. The van der Waals surface area contributed by atoms with E-state index in [-0.39, 0.29) is 5.75 Å². The van der Waals surface area contributed by atoms with Gasteiger partial charge in [-0.2, -0.15) is 8.78 Å². The van der Waals surface area contributed by atoms with E-state index in [1.165, 1.54) is 0 Å². The second-order valence-corrected chi connectivity index (χ2v) is 7.57. The van der Waals surface area contributed by atoms with Gasteiger partial charge in [0, 0.05) is 28.9 Å². The molecule has 1 saturated heterocycles. The summed E-state index contributed by atoms with van der Waals surface area (Å²) in [6.45, 7) is 0.977. The molecule has 0 aliphatic carbocycles. The third kappa shape index (κ3) is 4.29. The maximum absolute atomic E-state index is 12.9. The predicted molar refractivity (Wildman–Crippen MR) is 110 cm³/mol. The molecular weight excluding hydrogens is 374 g/mol. The van der Waals surface area contributed by atoms with Crippen LogP contribution in [0.25, 0.3) is 22.0 Å². The molecule has 0 radical (unpaired) electrons. The van der Waals surface area contributed by atoms with Crippen LogP contribution in [0.3, 0.4) is 0 Å². The molecule has 0 unspecified atom stereocenters. The molecule has 0 bridgehead atoms. The summed E-state index contributed by atoms with van der Waals surface area (Å²) < 4.78 is 30.7. The molecule has 29 heavy (non-hydrogen) atoms. The topological polar surface area (TPSA) is 50.3 Å². The number of nitrogens with one attached hydrogen (secondary N) is 1. The highest BCUT2D eigenvalue weighted by atomic mass is 19.3. The number of benzene rings is 2. The van der Waals surface area contributed by atoms with Gasteiger partial charge in [-0.15, -0.1) is 10.2 Å². The summed E-state index contributed by atoms with van der Waals surface area (Å²) >= 11 is 0. The van der Waals surface area contributed by atoms with Gasteiger partial charge in [0.25, 0.3) is 0 Å². The Kier molecular flexibility index (Phi) is 5.58. The quantitative estimate of drug-likeness (QED) is 0.674. The molecule has 1 N–H and O–H groups in total. The number of likely N-dealkylation sites (tertiary alicyclic amines) is 1. The average molecular weight is 398 g/mol. The lowest BCUT2D eigenvalue weighted by Gasteiger charge is -2.30. The van der Waals surface area contributed by atoms with E-state index in [0.29, 0.717) is 23.1 Å². The van der Waals surface area contributed by atoms with Crippen LogP contribution in [0.15, 0.2) is 42.5 Å².